The SMILES string of the molecule is CCCNc1ncnc(-c2cc(C)ccc2C)c1C(C)C. The second-order valence-electron chi connectivity index (χ2n) is 5.88. The first-order valence-electron chi connectivity index (χ1n) is 7.71. The molecule has 0 aliphatic rings. The van der Waals surface area contributed by atoms with Gasteiger partial charge in [-0.25, -0.2) is 9.97 Å². The van der Waals surface area contributed by atoms with Gasteiger partial charge in [-0.3, -0.25) is 0 Å². The highest BCUT2D eigenvalue weighted by molar-refractivity contribution is 5.72. The van der Waals surface area contributed by atoms with Crippen LogP contribution in [0.2, 0.25) is 0 Å². The first-order chi connectivity index (χ1) is 10.0. The number of hydrogen-bond acceptors (Lipinski definition) is 3. The van der Waals surface area contributed by atoms with Gasteiger partial charge in [0.2, 0.25) is 0 Å². The molecule has 0 fully saturated rings. The van der Waals surface area contributed by atoms with Crippen LogP contribution in [0.4, 0.5) is 5.82 Å². The largest absolute Gasteiger partial charge is 0.370 e. The summed E-state index contributed by atoms with van der Waals surface area (Å²) in [5.74, 6) is 1.35. The predicted octanol–water partition coefficient (Wildman–Crippen LogP) is 4.71. The number of anilines is 1. The number of rotatable bonds is 5. The number of aromatic nitrogens is 2. The smallest absolute Gasteiger partial charge is 0.133 e. The van der Waals surface area contributed by atoms with Crippen molar-refractivity contribution in [3.8, 4) is 11.3 Å². The molecule has 0 amide bonds. The van der Waals surface area contributed by atoms with Gasteiger partial charge in [0, 0.05) is 17.7 Å². The monoisotopic (exact) mass is 283 g/mol. The van der Waals surface area contributed by atoms with Crippen LogP contribution < -0.4 is 5.32 Å². The highest BCUT2D eigenvalue weighted by Crippen LogP contribution is 2.33. The quantitative estimate of drug-likeness (QED) is 0.863. The maximum Gasteiger partial charge on any atom is 0.133 e. The van der Waals surface area contributed by atoms with Crippen LogP contribution in [-0.4, -0.2) is 16.5 Å². The molecule has 0 spiro atoms. The summed E-state index contributed by atoms with van der Waals surface area (Å²) in [5, 5.41) is 3.44. The molecule has 0 aliphatic heterocycles. The van der Waals surface area contributed by atoms with Gasteiger partial charge < -0.3 is 5.32 Å². The van der Waals surface area contributed by atoms with Crippen LogP contribution in [0, 0.1) is 13.8 Å². The molecule has 0 atom stereocenters. The van der Waals surface area contributed by atoms with Crippen LogP contribution >= 0.6 is 0 Å². The van der Waals surface area contributed by atoms with E-state index in [1.807, 2.05) is 0 Å². The average Bonchev–Trinajstić information content (AvgIpc) is 2.47. The van der Waals surface area contributed by atoms with Crippen LogP contribution in [0.1, 0.15) is 49.8 Å². The van der Waals surface area contributed by atoms with Crippen molar-refractivity contribution >= 4 is 5.82 Å². The molecule has 0 saturated carbocycles. The van der Waals surface area contributed by atoms with Crippen molar-refractivity contribution in [1.82, 2.24) is 9.97 Å². The second-order valence-corrected chi connectivity index (χ2v) is 5.88. The van der Waals surface area contributed by atoms with Crippen molar-refractivity contribution in [2.24, 2.45) is 0 Å². The Bertz CT molecular complexity index is 618. The van der Waals surface area contributed by atoms with E-state index < -0.39 is 0 Å². The Morgan fingerprint density at radius 3 is 2.57 bits per heavy atom. The number of aryl methyl sites for hydroxylation is 2. The fourth-order valence-corrected chi connectivity index (χ4v) is 2.53. The summed E-state index contributed by atoms with van der Waals surface area (Å²) >= 11 is 0. The lowest BCUT2D eigenvalue weighted by Gasteiger charge is -2.18. The van der Waals surface area contributed by atoms with Gasteiger partial charge in [0.1, 0.15) is 12.1 Å². The Kier molecular flexibility index (Phi) is 4.94. The van der Waals surface area contributed by atoms with Gasteiger partial charge in [-0.05, 0) is 37.8 Å². The molecule has 21 heavy (non-hydrogen) atoms. The van der Waals surface area contributed by atoms with E-state index in [1.54, 1.807) is 6.33 Å². The Morgan fingerprint density at radius 2 is 1.90 bits per heavy atom. The molecule has 1 N–H and O–H groups in total. The fraction of sp³-hybridized carbons (Fsp3) is 0.444. The van der Waals surface area contributed by atoms with E-state index in [9.17, 15) is 0 Å². The molecular formula is C18H25N3. The molecule has 2 rings (SSSR count). The predicted molar refractivity (Wildman–Crippen MR) is 89.8 cm³/mol. The third-order valence-electron chi connectivity index (χ3n) is 3.65. The molecule has 1 aromatic heterocycles. The zero-order valence-corrected chi connectivity index (χ0v) is 13.7. The van der Waals surface area contributed by atoms with Gasteiger partial charge in [-0.1, -0.05) is 38.5 Å². The average molecular weight is 283 g/mol. The summed E-state index contributed by atoms with van der Waals surface area (Å²) in [6, 6.07) is 6.52. The maximum absolute atomic E-state index is 4.59. The highest BCUT2D eigenvalue weighted by Gasteiger charge is 2.17. The van der Waals surface area contributed by atoms with E-state index >= 15 is 0 Å². The van der Waals surface area contributed by atoms with Gasteiger partial charge >= 0.3 is 0 Å². The Labute approximate surface area is 127 Å². The van der Waals surface area contributed by atoms with Crippen molar-refractivity contribution in [2.75, 3.05) is 11.9 Å². The van der Waals surface area contributed by atoms with Crippen molar-refractivity contribution in [3.05, 3.63) is 41.2 Å². The Morgan fingerprint density at radius 1 is 1.14 bits per heavy atom. The summed E-state index contributed by atoms with van der Waals surface area (Å²) < 4.78 is 0. The second kappa shape index (κ2) is 6.70. The standard InChI is InChI=1S/C18H25N3/c1-6-9-19-18-16(12(2)3)17(20-11-21-18)15-10-13(4)7-8-14(15)5/h7-8,10-12H,6,9H2,1-5H3,(H,19,20,21). The lowest BCUT2D eigenvalue weighted by molar-refractivity contribution is 0.843. The van der Waals surface area contributed by atoms with Gasteiger partial charge in [-0.2, -0.15) is 0 Å². The molecule has 0 unspecified atom stereocenters. The summed E-state index contributed by atoms with van der Waals surface area (Å²) in [6.45, 7) is 11.8. The normalized spacial score (nSPS) is 11.0. The minimum absolute atomic E-state index is 0.375. The van der Waals surface area contributed by atoms with Crippen molar-refractivity contribution in [3.63, 3.8) is 0 Å². The van der Waals surface area contributed by atoms with E-state index in [0.29, 0.717) is 5.92 Å². The van der Waals surface area contributed by atoms with Gasteiger partial charge in [0.15, 0.2) is 0 Å². The zero-order chi connectivity index (χ0) is 15.4. The molecule has 112 valence electrons. The molecule has 2 aromatic rings. The van der Waals surface area contributed by atoms with Gasteiger partial charge in [0.25, 0.3) is 0 Å². The molecular weight excluding hydrogens is 258 g/mol. The summed E-state index contributed by atoms with van der Waals surface area (Å²) in [4.78, 5) is 9.04. The van der Waals surface area contributed by atoms with E-state index in [-0.39, 0.29) is 0 Å². The molecule has 0 aliphatic carbocycles. The fourth-order valence-electron chi connectivity index (χ4n) is 2.53. The summed E-state index contributed by atoms with van der Waals surface area (Å²) in [5.41, 5.74) is 5.98. The lowest BCUT2D eigenvalue weighted by atomic mass is 9.94. The minimum atomic E-state index is 0.375. The topological polar surface area (TPSA) is 37.8 Å². The van der Waals surface area contributed by atoms with Gasteiger partial charge in [0.05, 0.1) is 5.69 Å². The van der Waals surface area contributed by atoms with Gasteiger partial charge in [-0.15, -0.1) is 0 Å². The molecule has 1 aromatic carbocycles. The van der Waals surface area contributed by atoms with Crippen molar-refractivity contribution in [1.29, 1.82) is 0 Å². The molecule has 1 heterocycles. The number of nitrogens with one attached hydrogen (secondary N) is 1. The number of nitrogens with zero attached hydrogens (tertiary/aromatic N) is 2. The first kappa shape index (κ1) is 15.5. The molecule has 3 heteroatoms. The van der Waals surface area contributed by atoms with E-state index in [1.165, 1.54) is 22.3 Å². The molecule has 3 nitrogen and oxygen atoms in total. The third kappa shape index (κ3) is 3.41. The summed E-state index contributed by atoms with van der Waals surface area (Å²) in [7, 11) is 0. The maximum atomic E-state index is 4.59. The number of hydrogen-bond donors (Lipinski definition) is 1. The lowest BCUT2D eigenvalue weighted by Crippen LogP contribution is -2.09. The van der Waals surface area contributed by atoms with Crippen LogP contribution in [0.5, 0.6) is 0 Å². The van der Waals surface area contributed by atoms with Crippen LogP contribution in [0.25, 0.3) is 11.3 Å². The van der Waals surface area contributed by atoms with E-state index in [0.717, 1.165) is 24.5 Å². The number of benzene rings is 1. The molecule has 0 saturated heterocycles. The highest BCUT2D eigenvalue weighted by atomic mass is 15.0. The van der Waals surface area contributed by atoms with Crippen LogP contribution in [0.3, 0.4) is 0 Å². The zero-order valence-electron chi connectivity index (χ0n) is 13.7. The van der Waals surface area contributed by atoms with E-state index in [4.69, 9.17) is 0 Å². The van der Waals surface area contributed by atoms with Crippen LogP contribution in [0.15, 0.2) is 24.5 Å². The van der Waals surface area contributed by atoms with E-state index in [2.05, 4.69) is 68.1 Å². The molecule has 0 bridgehead atoms. The van der Waals surface area contributed by atoms with Crippen molar-refractivity contribution in [2.45, 2.75) is 47.0 Å². The van der Waals surface area contributed by atoms with Crippen LogP contribution in [-0.2, 0) is 0 Å². The summed E-state index contributed by atoms with van der Waals surface area (Å²) in [6.07, 6.45) is 2.75. The minimum Gasteiger partial charge on any atom is -0.370 e. The van der Waals surface area contributed by atoms with Crippen molar-refractivity contribution < 1.29 is 0 Å². The molecule has 0 radical (unpaired) electrons. The third-order valence-corrected chi connectivity index (χ3v) is 3.65. The first-order valence-corrected chi connectivity index (χ1v) is 7.71. The Balaban J connectivity index is 2.59. The Hall–Kier alpha value is -1.90.